The number of methoxy groups -OCH3 is 2. The second kappa shape index (κ2) is 11.3. The molecular weight excluding hydrogens is 492 g/mol. The van der Waals surface area contributed by atoms with Gasteiger partial charge in [-0.15, -0.1) is 0 Å². The van der Waals surface area contributed by atoms with Crippen LogP contribution in [0.2, 0.25) is 0 Å². The fourth-order valence-corrected chi connectivity index (χ4v) is 5.14. The van der Waals surface area contributed by atoms with Crippen LogP contribution in [0.1, 0.15) is 31.0 Å². The second-order valence-electron chi connectivity index (χ2n) is 8.08. The molecule has 1 aliphatic heterocycles. The largest absolute Gasteiger partial charge is 0.497 e. The fraction of sp³-hybridized carbons (Fsp3) is 0.250. The van der Waals surface area contributed by atoms with Crippen LogP contribution in [-0.2, 0) is 9.53 Å². The van der Waals surface area contributed by atoms with E-state index in [9.17, 15) is 9.59 Å². The normalized spacial score (nSPS) is 15.0. The molecule has 1 unspecified atom stereocenters. The minimum atomic E-state index is -0.710. The molecule has 0 spiro atoms. The van der Waals surface area contributed by atoms with Crippen LogP contribution in [0.4, 0.5) is 0 Å². The molecule has 192 valence electrons. The summed E-state index contributed by atoms with van der Waals surface area (Å²) in [5.74, 6) is 1.38. The van der Waals surface area contributed by atoms with Crippen molar-refractivity contribution in [3.8, 4) is 17.2 Å². The first-order chi connectivity index (χ1) is 17.9. The third-order valence-electron chi connectivity index (χ3n) is 5.80. The van der Waals surface area contributed by atoms with Crippen LogP contribution in [0.5, 0.6) is 17.2 Å². The minimum absolute atomic E-state index is 0.205. The Morgan fingerprint density at radius 2 is 1.86 bits per heavy atom. The topological polar surface area (TPSA) is 88.4 Å². The lowest BCUT2D eigenvalue weighted by Crippen LogP contribution is -2.39. The third-order valence-corrected chi connectivity index (χ3v) is 6.79. The molecule has 0 saturated carbocycles. The molecule has 3 aromatic rings. The van der Waals surface area contributed by atoms with E-state index < -0.39 is 12.0 Å². The number of benzene rings is 2. The number of fused-ring (bicyclic) bond motifs is 1. The van der Waals surface area contributed by atoms with Gasteiger partial charge in [0.1, 0.15) is 23.9 Å². The van der Waals surface area contributed by atoms with Crippen molar-refractivity contribution in [2.24, 2.45) is 4.99 Å². The van der Waals surface area contributed by atoms with E-state index in [4.69, 9.17) is 18.9 Å². The van der Waals surface area contributed by atoms with E-state index in [2.05, 4.69) is 11.6 Å². The van der Waals surface area contributed by atoms with Crippen LogP contribution < -0.4 is 29.1 Å². The van der Waals surface area contributed by atoms with Gasteiger partial charge in [0, 0.05) is 5.56 Å². The van der Waals surface area contributed by atoms with Gasteiger partial charge in [0.05, 0.1) is 42.7 Å². The lowest BCUT2D eigenvalue weighted by molar-refractivity contribution is -0.139. The number of allylic oxidation sites excluding steroid dienone is 1. The maximum absolute atomic E-state index is 13.8. The molecular formula is C28H28N2O6S. The first kappa shape index (κ1) is 26.0. The van der Waals surface area contributed by atoms with Gasteiger partial charge in [-0.05, 0) is 55.8 Å². The van der Waals surface area contributed by atoms with Crippen molar-refractivity contribution >= 4 is 23.4 Å². The van der Waals surface area contributed by atoms with Crippen molar-refractivity contribution in [1.29, 1.82) is 0 Å². The molecule has 2 heterocycles. The number of aromatic nitrogens is 1. The Morgan fingerprint density at radius 1 is 1.14 bits per heavy atom. The summed E-state index contributed by atoms with van der Waals surface area (Å²) in [6, 6.07) is 11.9. The van der Waals surface area contributed by atoms with Gasteiger partial charge < -0.3 is 18.9 Å². The summed E-state index contributed by atoms with van der Waals surface area (Å²) in [5, 5.41) is 0. The Balaban J connectivity index is 1.91. The molecule has 0 aliphatic carbocycles. The highest BCUT2D eigenvalue weighted by molar-refractivity contribution is 7.07. The Hall–Kier alpha value is -4.11. The van der Waals surface area contributed by atoms with E-state index >= 15 is 0 Å². The van der Waals surface area contributed by atoms with Crippen LogP contribution >= 0.6 is 11.3 Å². The Kier molecular flexibility index (Phi) is 7.93. The molecule has 4 rings (SSSR count). The van der Waals surface area contributed by atoms with E-state index in [-0.39, 0.29) is 12.2 Å². The summed E-state index contributed by atoms with van der Waals surface area (Å²) in [4.78, 5) is 31.9. The van der Waals surface area contributed by atoms with Crippen molar-refractivity contribution in [2.45, 2.75) is 19.9 Å². The highest BCUT2D eigenvalue weighted by atomic mass is 32.1. The molecule has 0 bridgehead atoms. The second-order valence-corrected chi connectivity index (χ2v) is 9.09. The van der Waals surface area contributed by atoms with Crippen LogP contribution in [0, 0.1) is 0 Å². The number of rotatable bonds is 9. The van der Waals surface area contributed by atoms with Crippen molar-refractivity contribution in [2.75, 3.05) is 27.4 Å². The molecule has 9 heteroatoms. The summed E-state index contributed by atoms with van der Waals surface area (Å²) in [6.45, 7) is 7.73. The number of nitrogens with zero attached hydrogens (tertiary/aromatic N) is 2. The quantitative estimate of drug-likeness (QED) is 0.318. The molecule has 1 atom stereocenters. The van der Waals surface area contributed by atoms with E-state index in [1.807, 2.05) is 12.1 Å². The van der Waals surface area contributed by atoms with Gasteiger partial charge in [-0.1, -0.05) is 36.1 Å². The van der Waals surface area contributed by atoms with E-state index in [1.165, 1.54) is 11.3 Å². The number of hydrogen-bond acceptors (Lipinski definition) is 8. The van der Waals surface area contributed by atoms with Gasteiger partial charge >= 0.3 is 5.97 Å². The first-order valence-electron chi connectivity index (χ1n) is 11.7. The molecule has 1 aromatic heterocycles. The SMILES string of the molecule is C=CCOc1ccc(C2C(C(=O)OCC)=C(C)N=c3sc(=Cc4cc(OC)ccc4OC)c(=O)n32)cc1. The van der Waals surface area contributed by atoms with Crippen LogP contribution in [0.15, 0.2) is 76.2 Å². The average Bonchev–Trinajstić information content (AvgIpc) is 3.21. The number of carbonyl (C=O) groups is 1. The van der Waals surface area contributed by atoms with Gasteiger partial charge in [-0.3, -0.25) is 9.36 Å². The summed E-state index contributed by atoms with van der Waals surface area (Å²) in [6.07, 6.45) is 3.41. The maximum Gasteiger partial charge on any atom is 0.338 e. The molecule has 0 amide bonds. The Morgan fingerprint density at radius 3 is 2.51 bits per heavy atom. The monoisotopic (exact) mass is 520 g/mol. The van der Waals surface area contributed by atoms with E-state index in [0.717, 1.165) is 5.56 Å². The molecule has 0 radical (unpaired) electrons. The predicted molar refractivity (Wildman–Crippen MR) is 142 cm³/mol. The highest BCUT2D eigenvalue weighted by Gasteiger charge is 2.33. The summed E-state index contributed by atoms with van der Waals surface area (Å²) in [5.41, 5.74) is 1.96. The molecule has 0 saturated heterocycles. The van der Waals surface area contributed by atoms with Crippen LogP contribution in [-0.4, -0.2) is 38.0 Å². The standard InChI is InChI=1S/C28H28N2O6S/c1-6-14-36-20-10-8-18(9-11-20)25-24(27(32)35-7-2)17(3)29-28-30(25)26(31)23(37-28)16-19-15-21(33-4)12-13-22(19)34-5/h6,8-13,15-16,25H,1,7,14H2,2-5H3. The van der Waals surface area contributed by atoms with Crippen molar-refractivity contribution < 1.29 is 23.7 Å². The van der Waals surface area contributed by atoms with Crippen molar-refractivity contribution in [3.05, 3.63) is 97.2 Å². The number of thiazole rings is 1. The smallest absolute Gasteiger partial charge is 0.338 e. The zero-order chi connectivity index (χ0) is 26.5. The third kappa shape index (κ3) is 5.22. The summed E-state index contributed by atoms with van der Waals surface area (Å²) >= 11 is 1.24. The van der Waals surface area contributed by atoms with E-state index in [1.54, 1.807) is 75.1 Å². The Labute approximate surface area is 218 Å². The molecule has 1 aliphatic rings. The van der Waals surface area contributed by atoms with Crippen molar-refractivity contribution in [1.82, 2.24) is 4.57 Å². The molecule has 37 heavy (non-hydrogen) atoms. The zero-order valence-electron chi connectivity index (χ0n) is 21.1. The summed E-state index contributed by atoms with van der Waals surface area (Å²) in [7, 11) is 3.14. The number of hydrogen-bond donors (Lipinski definition) is 0. The maximum atomic E-state index is 13.8. The summed E-state index contributed by atoms with van der Waals surface area (Å²) < 4.78 is 23.8. The molecule has 2 aromatic carbocycles. The average molecular weight is 521 g/mol. The van der Waals surface area contributed by atoms with Gasteiger partial charge in [-0.2, -0.15) is 0 Å². The van der Waals surface area contributed by atoms with Gasteiger partial charge in [0.25, 0.3) is 5.56 Å². The first-order valence-corrected chi connectivity index (χ1v) is 12.5. The Bertz CT molecular complexity index is 1530. The number of ether oxygens (including phenoxy) is 4. The van der Waals surface area contributed by atoms with Gasteiger partial charge in [-0.25, -0.2) is 9.79 Å². The molecule has 0 N–H and O–H groups in total. The predicted octanol–water partition coefficient (Wildman–Crippen LogP) is 3.38. The highest BCUT2D eigenvalue weighted by Crippen LogP contribution is 2.32. The number of esters is 1. The number of carbonyl (C=O) groups excluding carboxylic acids is 1. The van der Waals surface area contributed by atoms with Crippen LogP contribution in [0.3, 0.4) is 0 Å². The lowest BCUT2D eigenvalue weighted by Gasteiger charge is -2.24. The molecule has 0 fully saturated rings. The lowest BCUT2D eigenvalue weighted by atomic mass is 9.96. The van der Waals surface area contributed by atoms with Gasteiger partial charge in [0.2, 0.25) is 0 Å². The minimum Gasteiger partial charge on any atom is -0.497 e. The fourth-order valence-electron chi connectivity index (χ4n) is 4.10. The van der Waals surface area contributed by atoms with E-state index in [0.29, 0.717) is 50.0 Å². The van der Waals surface area contributed by atoms with Crippen molar-refractivity contribution in [3.63, 3.8) is 0 Å². The van der Waals surface area contributed by atoms with Gasteiger partial charge in [0.15, 0.2) is 4.80 Å². The molecule has 8 nitrogen and oxygen atoms in total. The van der Waals surface area contributed by atoms with Crippen LogP contribution in [0.25, 0.3) is 6.08 Å². The zero-order valence-corrected chi connectivity index (χ0v) is 22.0.